The van der Waals surface area contributed by atoms with E-state index in [2.05, 4.69) is 14.9 Å². The molecule has 2 N–H and O–H groups in total. The summed E-state index contributed by atoms with van der Waals surface area (Å²) in [5, 5.41) is 7.87. The Hall–Kier alpha value is -2.46. The number of ether oxygens (including phenoxy) is 1. The van der Waals surface area contributed by atoms with Gasteiger partial charge in [0.25, 0.3) is 0 Å². The number of fused-ring (bicyclic) bond motifs is 1. The molecule has 2 aromatic heterocycles. The Labute approximate surface area is 160 Å². The van der Waals surface area contributed by atoms with Crippen molar-refractivity contribution in [3.8, 4) is 17.1 Å². The van der Waals surface area contributed by atoms with E-state index < -0.39 is 30.3 Å². The second-order valence-electron chi connectivity index (χ2n) is 5.63. The van der Waals surface area contributed by atoms with Crippen molar-refractivity contribution < 1.29 is 22.7 Å². The van der Waals surface area contributed by atoms with E-state index in [4.69, 9.17) is 28.9 Å². The number of hydrogen-bond donors (Lipinski definition) is 1. The van der Waals surface area contributed by atoms with Crippen LogP contribution in [0.1, 0.15) is 13.0 Å². The van der Waals surface area contributed by atoms with Gasteiger partial charge in [-0.05, 0) is 19.1 Å². The summed E-state index contributed by atoms with van der Waals surface area (Å²) in [5.41, 5.74) is 5.36. The molecule has 0 saturated heterocycles. The van der Waals surface area contributed by atoms with Crippen molar-refractivity contribution >= 4 is 40.0 Å². The van der Waals surface area contributed by atoms with Gasteiger partial charge in [0.05, 0.1) is 5.52 Å². The van der Waals surface area contributed by atoms with Crippen LogP contribution in [0, 0.1) is 5.82 Å². The molecule has 1 atom stereocenters. The highest BCUT2D eigenvalue weighted by molar-refractivity contribution is 6.35. The SMILES string of the molecule is CC(C(N)=O)n1nc(Cl)c2cc(F)c(-c3nn(C)c(OC(F)F)c3Cl)cc21. The molecule has 1 amide bonds. The molecule has 3 rings (SSSR count). The first-order valence-electron chi connectivity index (χ1n) is 7.46. The molecule has 0 saturated carbocycles. The van der Waals surface area contributed by atoms with E-state index in [0.717, 1.165) is 10.7 Å². The monoisotopic (exact) mass is 421 g/mol. The van der Waals surface area contributed by atoms with Crippen LogP contribution in [0.2, 0.25) is 10.2 Å². The van der Waals surface area contributed by atoms with Gasteiger partial charge in [-0.2, -0.15) is 19.0 Å². The first-order valence-corrected chi connectivity index (χ1v) is 8.21. The van der Waals surface area contributed by atoms with Gasteiger partial charge in [0.1, 0.15) is 22.6 Å². The van der Waals surface area contributed by atoms with Crippen LogP contribution in [0.25, 0.3) is 22.2 Å². The second-order valence-corrected chi connectivity index (χ2v) is 6.37. The Morgan fingerprint density at radius 3 is 2.56 bits per heavy atom. The summed E-state index contributed by atoms with van der Waals surface area (Å²) in [7, 11) is 1.32. The highest BCUT2D eigenvalue weighted by Crippen LogP contribution is 2.39. The lowest BCUT2D eigenvalue weighted by Crippen LogP contribution is -2.24. The maximum absolute atomic E-state index is 14.7. The van der Waals surface area contributed by atoms with Gasteiger partial charge in [0, 0.05) is 18.0 Å². The molecule has 1 unspecified atom stereocenters. The number of nitrogens with zero attached hydrogens (tertiary/aromatic N) is 4. The van der Waals surface area contributed by atoms with Crippen molar-refractivity contribution in [3.05, 3.63) is 28.1 Å². The summed E-state index contributed by atoms with van der Waals surface area (Å²) in [6.45, 7) is -1.63. The third-order valence-corrected chi connectivity index (χ3v) is 4.54. The van der Waals surface area contributed by atoms with Crippen LogP contribution in [-0.2, 0) is 11.8 Å². The molecule has 0 fully saturated rings. The quantitative estimate of drug-likeness (QED) is 0.682. The van der Waals surface area contributed by atoms with E-state index >= 15 is 0 Å². The van der Waals surface area contributed by atoms with Gasteiger partial charge in [-0.15, -0.1) is 0 Å². The van der Waals surface area contributed by atoms with Crippen molar-refractivity contribution in [3.63, 3.8) is 0 Å². The van der Waals surface area contributed by atoms with Crippen LogP contribution in [-0.4, -0.2) is 32.1 Å². The minimum atomic E-state index is -3.13. The minimum Gasteiger partial charge on any atom is -0.416 e. The number of aryl methyl sites for hydroxylation is 1. The smallest absolute Gasteiger partial charge is 0.388 e. The molecule has 27 heavy (non-hydrogen) atoms. The highest BCUT2D eigenvalue weighted by Gasteiger charge is 2.25. The number of nitrogens with two attached hydrogens (primary N) is 1. The zero-order valence-corrected chi connectivity index (χ0v) is 15.4. The number of alkyl halides is 2. The summed E-state index contributed by atoms with van der Waals surface area (Å²) in [4.78, 5) is 11.5. The predicted octanol–water partition coefficient (Wildman–Crippen LogP) is 3.53. The van der Waals surface area contributed by atoms with E-state index in [9.17, 15) is 18.0 Å². The summed E-state index contributed by atoms with van der Waals surface area (Å²) >= 11 is 12.1. The Bertz CT molecular complexity index is 1050. The molecule has 3 aromatic rings. The fourth-order valence-electron chi connectivity index (χ4n) is 2.58. The number of aromatic nitrogens is 4. The van der Waals surface area contributed by atoms with Gasteiger partial charge in [0.2, 0.25) is 11.8 Å². The van der Waals surface area contributed by atoms with Crippen LogP contribution in [0.5, 0.6) is 5.88 Å². The number of amides is 1. The second kappa shape index (κ2) is 6.93. The summed E-state index contributed by atoms with van der Waals surface area (Å²) < 4.78 is 46.2. The third-order valence-electron chi connectivity index (χ3n) is 3.92. The van der Waals surface area contributed by atoms with Gasteiger partial charge < -0.3 is 10.5 Å². The number of hydrogen-bond acceptors (Lipinski definition) is 4. The number of halogens is 5. The highest BCUT2D eigenvalue weighted by atomic mass is 35.5. The van der Waals surface area contributed by atoms with Crippen LogP contribution >= 0.6 is 23.2 Å². The normalized spacial score (nSPS) is 12.7. The Morgan fingerprint density at radius 1 is 1.30 bits per heavy atom. The van der Waals surface area contributed by atoms with Gasteiger partial charge in [-0.1, -0.05) is 23.2 Å². The predicted molar refractivity (Wildman–Crippen MR) is 92.5 cm³/mol. The molecule has 1 aromatic carbocycles. The molecule has 0 aliphatic heterocycles. The van der Waals surface area contributed by atoms with E-state index in [0.29, 0.717) is 5.52 Å². The Morgan fingerprint density at radius 2 is 1.96 bits per heavy atom. The van der Waals surface area contributed by atoms with E-state index in [1.165, 1.54) is 24.7 Å². The molecule has 2 heterocycles. The van der Waals surface area contributed by atoms with Crippen LogP contribution in [0.15, 0.2) is 12.1 Å². The largest absolute Gasteiger partial charge is 0.416 e. The molecule has 0 bridgehead atoms. The Kier molecular flexibility index (Phi) is 4.96. The van der Waals surface area contributed by atoms with Gasteiger partial charge in [-0.3, -0.25) is 9.48 Å². The maximum atomic E-state index is 14.7. The van der Waals surface area contributed by atoms with Crippen LogP contribution in [0.3, 0.4) is 0 Å². The molecular formula is C15H12Cl2F3N5O2. The first-order chi connectivity index (χ1) is 12.6. The molecule has 7 nitrogen and oxygen atoms in total. The van der Waals surface area contributed by atoms with Gasteiger partial charge in [-0.25, -0.2) is 9.07 Å². The Balaban J connectivity index is 2.23. The van der Waals surface area contributed by atoms with Crippen LogP contribution < -0.4 is 10.5 Å². The summed E-state index contributed by atoms with van der Waals surface area (Å²) in [6, 6.07) is 1.53. The van der Waals surface area contributed by atoms with Gasteiger partial charge >= 0.3 is 6.61 Å². The number of carbonyl (C=O) groups is 1. The molecule has 0 aliphatic carbocycles. The van der Waals surface area contributed by atoms with Crippen molar-refractivity contribution in [2.75, 3.05) is 0 Å². The number of primary amides is 1. The minimum absolute atomic E-state index is 0.0302. The van der Waals surface area contributed by atoms with Crippen molar-refractivity contribution in [2.45, 2.75) is 19.6 Å². The van der Waals surface area contributed by atoms with Crippen molar-refractivity contribution in [1.82, 2.24) is 19.6 Å². The molecule has 0 aliphatic rings. The summed E-state index contributed by atoms with van der Waals surface area (Å²) in [5.74, 6) is -1.86. The van der Waals surface area contributed by atoms with Crippen molar-refractivity contribution in [1.29, 1.82) is 0 Å². The molecule has 12 heteroatoms. The lowest BCUT2D eigenvalue weighted by atomic mass is 10.1. The van der Waals surface area contributed by atoms with E-state index in [-0.39, 0.29) is 26.8 Å². The topological polar surface area (TPSA) is 88.0 Å². The standard InChI is InChI=1S/C15H12Cl2F3N5O2/c1-5(13(21)26)25-9-4-6(8(18)3-7(9)12(17)23-25)11-10(16)14(24(2)22-11)27-15(19)20/h3-5,15H,1-2H3,(H2,21,26). The average Bonchev–Trinajstić information content (AvgIpc) is 3.04. The zero-order valence-electron chi connectivity index (χ0n) is 13.9. The number of carbonyl (C=O) groups excluding carboxylic acids is 1. The van der Waals surface area contributed by atoms with Crippen molar-refractivity contribution in [2.24, 2.45) is 12.8 Å². The average molecular weight is 422 g/mol. The lowest BCUT2D eigenvalue weighted by molar-refractivity contribution is -0.120. The third kappa shape index (κ3) is 3.30. The number of rotatable bonds is 5. The van der Waals surface area contributed by atoms with Gasteiger partial charge in [0.15, 0.2) is 5.15 Å². The molecule has 0 spiro atoms. The first kappa shape index (κ1) is 19.3. The van der Waals surface area contributed by atoms with E-state index in [1.807, 2.05) is 0 Å². The maximum Gasteiger partial charge on any atom is 0.388 e. The molecule has 0 radical (unpaired) electrons. The fraction of sp³-hybridized carbons (Fsp3) is 0.267. The lowest BCUT2D eigenvalue weighted by Gasteiger charge is -2.10. The van der Waals surface area contributed by atoms with Crippen LogP contribution in [0.4, 0.5) is 13.2 Å². The zero-order chi connectivity index (χ0) is 20.0. The number of benzene rings is 1. The van der Waals surface area contributed by atoms with E-state index in [1.54, 1.807) is 0 Å². The fourth-order valence-corrected chi connectivity index (χ4v) is 3.12. The molecule has 144 valence electrons. The molecular weight excluding hydrogens is 410 g/mol. The summed E-state index contributed by atoms with van der Waals surface area (Å²) in [6.07, 6.45) is 0.